The topological polar surface area (TPSA) is 89.7 Å². The molecule has 8 heteroatoms. The van der Waals surface area contributed by atoms with E-state index in [-0.39, 0.29) is 18.7 Å². The van der Waals surface area contributed by atoms with Crippen molar-refractivity contribution < 1.29 is 19.1 Å². The van der Waals surface area contributed by atoms with Gasteiger partial charge in [-0.15, -0.1) is 11.3 Å². The molecule has 0 aromatic carbocycles. The second kappa shape index (κ2) is 6.60. The first-order valence-electron chi connectivity index (χ1n) is 7.18. The quantitative estimate of drug-likeness (QED) is 0.765. The molecular formula is C15H19BrN2O4S. The molecule has 0 aliphatic carbocycles. The second-order valence-corrected chi connectivity index (χ2v) is 8.58. The maximum atomic E-state index is 12.4. The van der Waals surface area contributed by atoms with Gasteiger partial charge in [-0.05, 0) is 43.1 Å². The second-order valence-electron chi connectivity index (χ2n) is 6.38. The third-order valence-corrected chi connectivity index (χ3v) is 5.26. The molecule has 0 spiro atoms. The van der Waals surface area contributed by atoms with Gasteiger partial charge in [-0.3, -0.25) is 14.4 Å². The van der Waals surface area contributed by atoms with Crippen molar-refractivity contribution in [2.75, 3.05) is 0 Å². The SMILES string of the molecule is CC(C)(C)OC(=O)CC[C@@H](C(N)=O)N1Cc2c(csc2Br)C1=O. The number of carbonyl (C=O) groups excluding carboxylic acids is 3. The summed E-state index contributed by atoms with van der Waals surface area (Å²) in [5, 5.41) is 1.76. The minimum Gasteiger partial charge on any atom is -0.460 e. The zero-order valence-electron chi connectivity index (χ0n) is 13.2. The number of rotatable bonds is 5. The molecule has 1 aromatic rings. The van der Waals surface area contributed by atoms with Gasteiger partial charge in [0.15, 0.2) is 0 Å². The summed E-state index contributed by atoms with van der Waals surface area (Å²) < 4.78 is 6.10. The molecule has 1 atom stereocenters. The van der Waals surface area contributed by atoms with E-state index in [4.69, 9.17) is 10.5 Å². The Hall–Kier alpha value is -1.41. The van der Waals surface area contributed by atoms with Crippen molar-refractivity contribution in [1.29, 1.82) is 0 Å². The normalized spacial score (nSPS) is 15.5. The zero-order valence-corrected chi connectivity index (χ0v) is 15.6. The lowest BCUT2D eigenvalue weighted by atomic mass is 10.1. The molecule has 2 heterocycles. The number of hydrogen-bond donors (Lipinski definition) is 1. The summed E-state index contributed by atoms with van der Waals surface area (Å²) in [4.78, 5) is 37.4. The van der Waals surface area contributed by atoms with Crippen LogP contribution in [-0.4, -0.2) is 34.3 Å². The van der Waals surface area contributed by atoms with Gasteiger partial charge in [-0.1, -0.05) is 0 Å². The highest BCUT2D eigenvalue weighted by atomic mass is 79.9. The van der Waals surface area contributed by atoms with Gasteiger partial charge in [0.25, 0.3) is 5.91 Å². The number of primary amides is 1. The number of halogens is 1. The number of fused-ring (bicyclic) bond motifs is 1. The van der Waals surface area contributed by atoms with Gasteiger partial charge in [0.2, 0.25) is 5.91 Å². The lowest BCUT2D eigenvalue weighted by Gasteiger charge is -2.26. The van der Waals surface area contributed by atoms with Gasteiger partial charge in [0.05, 0.1) is 9.35 Å². The van der Waals surface area contributed by atoms with Crippen molar-refractivity contribution in [3.05, 3.63) is 20.3 Å². The van der Waals surface area contributed by atoms with Crippen molar-refractivity contribution in [1.82, 2.24) is 4.90 Å². The maximum Gasteiger partial charge on any atom is 0.306 e. The first-order chi connectivity index (χ1) is 10.6. The highest BCUT2D eigenvalue weighted by Gasteiger charge is 2.37. The third kappa shape index (κ3) is 4.11. The van der Waals surface area contributed by atoms with Crippen molar-refractivity contribution in [2.45, 2.75) is 51.8 Å². The van der Waals surface area contributed by atoms with E-state index in [1.54, 1.807) is 26.2 Å². The molecule has 0 bridgehead atoms. The molecular weight excluding hydrogens is 384 g/mol. The van der Waals surface area contributed by atoms with Crippen LogP contribution >= 0.6 is 27.3 Å². The van der Waals surface area contributed by atoms with E-state index in [1.807, 2.05) is 0 Å². The zero-order chi connectivity index (χ0) is 17.4. The molecule has 0 fully saturated rings. The third-order valence-electron chi connectivity index (χ3n) is 3.41. The Morgan fingerprint density at radius 3 is 2.65 bits per heavy atom. The minimum absolute atomic E-state index is 0.0304. The largest absolute Gasteiger partial charge is 0.460 e. The standard InChI is InChI=1S/C15H19BrN2O4S/c1-15(2,3)22-11(19)5-4-10(13(17)20)18-6-8-9(14(18)21)7-23-12(8)16/h7,10H,4-6H2,1-3H3,(H2,17,20)/t10-/m0/s1. The number of nitrogens with zero attached hydrogens (tertiary/aromatic N) is 1. The van der Waals surface area contributed by atoms with Crippen LogP contribution in [0, 0.1) is 0 Å². The summed E-state index contributed by atoms with van der Waals surface area (Å²) in [6, 6.07) is -0.820. The van der Waals surface area contributed by atoms with E-state index in [0.29, 0.717) is 12.1 Å². The molecule has 23 heavy (non-hydrogen) atoms. The van der Waals surface area contributed by atoms with Gasteiger partial charge >= 0.3 is 5.97 Å². The van der Waals surface area contributed by atoms with E-state index in [2.05, 4.69) is 15.9 Å². The monoisotopic (exact) mass is 402 g/mol. The summed E-state index contributed by atoms with van der Waals surface area (Å²) in [5.41, 5.74) is 6.31. The number of amides is 2. The lowest BCUT2D eigenvalue weighted by molar-refractivity contribution is -0.155. The Morgan fingerprint density at radius 2 is 2.13 bits per heavy atom. The Labute approximate surface area is 147 Å². The fourth-order valence-corrected chi connectivity index (χ4v) is 3.83. The van der Waals surface area contributed by atoms with E-state index in [1.165, 1.54) is 16.2 Å². The van der Waals surface area contributed by atoms with Crippen LogP contribution < -0.4 is 5.73 Å². The van der Waals surface area contributed by atoms with Crippen molar-refractivity contribution in [3.63, 3.8) is 0 Å². The Balaban J connectivity index is 2.05. The molecule has 1 aliphatic rings. The molecule has 0 saturated carbocycles. The Kier molecular flexibility index (Phi) is 5.15. The van der Waals surface area contributed by atoms with Crippen LogP contribution in [0.5, 0.6) is 0 Å². The highest BCUT2D eigenvalue weighted by molar-refractivity contribution is 9.11. The van der Waals surface area contributed by atoms with Crippen molar-refractivity contribution >= 4 is 45.1 Å². The number of esters is 1. The number of nitrogens with two attached hydrogens (primary N) is 1. The molecule has 1 aliphatic heterocycles. The summed E-state index contributed by atoms with van der Waals surface area (Å²) in [7, 11) is 0. The summed E-state index contributed by atoms with van der Waals surface area (Å²) >= 11 is 4.84. The molecule has 2 rings (SSSR count). The first-order valence-corrected chi connectivity index (χ1v) is 8.85. The summed E-state index contributed by atoms with van der Waals surface area (Å²) in [5.74, 6) is -1.26. The van der Waals surface area contributed by atoms with Gasteiger partial charge in [-0.25, -0.2) is 0 Å². The maximum absolute atomic E-state index is 12.4. The molecule has 0 saturated heterocycles. The van der Waals surface area contributed by atoms with E-state index in [9.17, 15) is 14.4 Å². The predicted octanol–water partition coefficient (Wildman–Crippen LogP) is 2.44. The fraction of sp³-hybridized carbons (Fsp3) is 0.533. The van der Waals surface area contributed by atoms with Gasteiger partial charge in [0, 0.05) is 23.9 Å². The van der Waals surface area contributed by atoms with Crippen LogP contribution in [0.2, 0.25) is 0 Å². The van der Waals surface area contributed by atoms with E-state index >= 15 is 0 Å². The Morgan fingerprint density at radius 1 is 1.48 bits per heavy atom. The first kappa shape index (κ1) is 17.9. The number of ether oxygens (including phenoxy) is 1. The van der Waals surface area contributed by atoms with Gasteiger partial charge in [0.1, 0.15) is 11.6 Å². The molecule has 2 amide bonds. The van der Waals surface area contributed by atoms with Crippen LogP contribution in [0.25, 0.3) is 0 Å². The van der Waals surface area contributed by atoms with Crippen LogP contribution in [-0.2, 0) is 20.9 Å². The van der Waals surface area contributed by atoms with Gasteiger partial charge in [-0.2, -0.15) is 0 Å². The number of carbonyl (C=O) groups is 3. The van der Waals surface area contributed by atoms with Crippen LogP contribution in [0.1, 0.15) is 49.5 Å². The molecule has 0 unspecified atom stereocenters. The molecule has 0 radical (unpaired) electrons. The van der Waals surface area contributed by atoms with Crippen LogP contribution in [0.4, 0.5) is 0 Å². The highest BCUT2D eigenvalue weighted by Crippen LogP contribution is 2.36. The molecule has 126 valence electrons. The average Bonchev–Trinajstić information content (AvgIpc) is 2.90. The van der Waals surface area contributed by atoms with Crippen molar-refractivity contribution in [3.8, 4) is 0 Å². The average molecular weight is 403 g/mol. The Bertz CT molecular complexity index is 650. The van der Waals surface area contributed by atoms with E-state index in [0.717, 1.165) is 9.35 Å². The number of hydrogen-bond acceptors (Lipinski definition) is 5. The van der Waals surface area contributed by atoms with Crippen LogP contribution in [0.3, 0.4) is 0 Å². The number of thiophene rings is 1. The fourth-order valence-electron chi connectivity index (χ4n) is 2.43. The smallest absolute Gasteiger partial charge is 0.306 e. The predicted molar refractivity (Wildman–Crippen MR) is 90.0 cm³/mol. The van der Waals surface area contributed by atoms with E-state index < -0.39 is 23.5 Å². The summed E-state index contributed by atoms with van der Waals surface area (Å²) in [6.45, 7) is 5.64. The van der Waals surface area contributed by atoms with Gasteiger partial charge < -0.3 is 15.4 Å². The van der Waals surface area contributed by atoms with Crippen LogP contribution in [0.15, 0.2) is 9.17 Å². The molecule has 6 nitrogen and oxygen atoms in total. The summed E-state index contributed by atoms with van der Waals surface area (Å²) in [6.07, 6.45) is 0.185. The molecule has 2 N–H and O–H groups in total. The molecule has 1 aromatic heterocycles. The van der Waals surface area contributed by atoms with Crippen molar-refractivity contribution in [2.24, 2.45) is 5.73 Å². The minimum atomic E-state index is -0.820. The lowest BCUT2D eigenvalue weighted by Crippen LogP contribution is -2.45.